The van der Waals surface area contributed by atoms with Crippen molar-refractivity contribution in [3.05, 3.63) is 65.5 Å². The summed E-state index contributed by atoms with van der Waals surface area (Å²) in [6.07, 6.45) is 4.90. The molecular weight excluding hydrogens is 316 g/mol. The van der Waals surface area contributed by atoms with E-state index in [2.05, 4.69) is 22.0 Å². The predicted molar refractivity (Wildman–Crippen MR) is 94.5 cm³/mol. The minimum absolute atomic E-state index is 0.201. The van der Waals surface area contributed by atoms with E-state index in [1.54, 1.807) is 12.3 Å². The van der Waals surface area contributed by atoms with Crippen molar-refractivity contribution < 1.29 is 9.90 Å². The molecule has 1 N–H and O–H groups in total. The second-order valence-electron chi connectivity index (χ2n) is 5.91. The predicted octanol–water partition coefficient (Wildman–Crippen LogP) is 3.35. The van der Waals surface area contributed by atoms with E-state index in [4.69, 9.17) is 0 Å². The van der Waals surface area contributed by atoms with Crippen molar-refractivity contribution in [2.75, 3.05) is 0 Å². The maximum Gasteiger partial charge on any atom is 0.337 e. The van der Waals surface area contributed by atoms with Crippen molar-refractivity contribution >= 4 is 5.97 Å². The fourth-order valence-corrected chi connectivity index (χ4v) is 2.81. The Bertz CT molecular complexity index is 885. The number of aromatic nitrogens is 4. The number of pyridine rings is 1. The monoisotopic (exact) mass is 336 g/mol. The number of hydrogen-bond acceptors (Lipinski definition) is 4. The SMILES string of the molecule is CCCc1nc(C)nn1Cc1ccc(-c2ccncc2C(=O)O)cc1. The molecule has 0 spiro atoms. The zero-order valence-electron chi connectivity index (χ0n) is 14.3. The number of benzene rings is 1. The summed E-state index contributed by atoms with van der Waals surface area (Å²) < 4.78 is 1.93. The topological polar surface area (TPSA) is 80.9 Å². The number of carbonyl (C=O) groups is 1. The van der Waals surface area contributed by atoms with Gasteiger partial charge in [0.2, 0.25) is 0 Å². The molecule has 6 nitrogen and oxygen atoms in total. The molecule has 0 saturated heterocycles. The summed E-state index contributed by atoms with van der Waals surface area (Å²) >= 11 is 0. The standard InChI is InChI=1S/C19H20N4O2/c1-3-4-18-21-13(2)22-23(18)12-14-5-7-15(8-6-14)16-9-10-20-11-17(16)19(24)25/h5-11H,3-4,12H2,1-2H3,(H,24,25). The number of carboxylic acid groups (broad SMARTS) is 1. The van der Waals surface area contributed by atoms with Gasteiger partial charge in [-0.25, -0.2) is 14.5 Å². The highest BCUT2D eigenvalue weighted by atomic mass is 16.4. The van der Waals surface area contributed by atoms with Gasteiger partial charge >= 0.3 is 5.97 Å². The molecule has 0 aliphatic heterocycles. The molecule has 0 bridgehead atoms. The van der Waals surface area contributed by atoms with E-state index in [0.717, 1.165) is 35.6 Å². The van der Waals surface area contributed by atoms with Gasteiger partial charge in [-0.2, -0.15) is 5.10 Å². The lowest BCUT2D eigenvalue weighted by Crippen LogP contribution is -2.07. The van der Waals surface area contributed by atoms with Gasteiger partial charge in [-0.15, -0.1) is 0 Å². The van der Waals surface area contributed by atoms with E-state index in [1.165, 1.54) is 6.20 Å². The van der Waals surface area contributed by atoms with E-state index < -0.39 is 5.97 Å². The summed E-state index contributed by atoms with van der Waals surface area (Å²) in [6, 6.07) is 9.57. The van der Waals surface area contributed by atoms with Crippen LogP contribution in [0.2, 0.25) is 0 Å². The molecule has 3 aromatic rings. The molecule has 2 heterocycles. The third-order valence-electron chi connectivity index (χ3n) is 3.98. The molecule has 25 heavy (non-hydrogen) atoms. The van der Waals surface area contributed by atoms with Gasteiger partial charge in [-0.05, 0) is 36.1 Å². The zero-order chi connectivity index (χ0) is 17.8. The normalized spacial score (nSPS) is 10.8. The van der Waals surface area contributed by atoms with Gasteiger partial charge in [-0.3, -0.25) is 4.98 Å². The molecule has 2 aromatic heterocycles. The Hall–Kier alpha value is -3.02. The highest BCUT2D eigenvalue weighted by Gasteiger charge is 2.12. The summed E-state index contributed by atoms with van der Waals surface area (Å²) in [5, 5.41) is 13.8. The first kappa shape index (κ1) is 16.8. The third kappa shape index (κ3) is 3.74. The molecule has 0 amide bonds. The Morgan fingerprint density at radius 2 is 1.96 bits per heavy atom. The Kier molecular flexibility index (Phi) is 4.88. The number of rotatable bonds is 6. The van der Waals surface area contributed by atoms with Gasteiger partial charge < -0.3 is 5.11 Å². The van der Waals surface area contributed by atoms with Crippen LogP contribution in [-0.2, 0) is 13.0 Å². The molecule has 0 fully saturated rings. The summed E-state index contributed by atoms with van der Waals surface area (Å²) in [6.45, 7) is 4.67. The second-order valence-corrected chi connectivity index (χ2v) is 5.91. The molecule has 0 radical (unpaired) electrons. The molecule has 128 valence electrons. The fourth-order valence-electron chi connectivity index (χ4n) is 2.81. The first-order chi connectivity index (χ1) is 12.1. The van der Waals surface area contributed by atoms with E-state index in [-0.39, 0.29) is 5.56 Å². The van der Waals surface area contributed by atoms with Crippen LogP contribution in [0, 0.1) is 6.92 Å². The second kappa shape index (κ2) is 7.25. The molecule has 1 aromatic carbocycles. The summed E-state index contributed by atoms with van der Waals surface area (Å²) in [5.74, 6) is 0.795. The number of hydrogen-bond donors (Lipinski definition) is 1. The maximum absolute atomic E-state index is 11.3. The molecular formula is C19H20N4O2. The van der Waals surface area contributed by atoms with Crippen LogP contribution >= 0.6 is 0 Å². The summed E-state index contributed by atoms with van der Waals surface area (Å²) in [7, 11) is 0. The van der Waals surface area contributed by atoms with Crippen LogP contribution in [0.1, 0.15) is 40.9 Å². The first-order valence-corrected chi connectivity index (χ1v) is 8.25. The van der Waals surface area contributed by atoms with E-state index in [1.807, 2.05) is 35.9 Å². The number of aromatic carboxylic acids is 1. The lowest BCUT2D eigenvalue weighted by molar-refractivity contribution is 0.0697. The van der Waals surface area contributed by atoms with Crippen LogP contribution < -0.4 is 0 Å². The number of carboxylic acids is 1. The van der Waals surface area contributed by atoms with Crippen LogP contribution in [-0.4, -0.2) is 30.8 Å². The minimum atomic E-state index is -0.977. The average molecular weight is 336 g/mol. The average Bonchev–Trinajstić information content (AvgIpc) is 2.95. The van der Waals surface area contributed by atoms with Crippen molar-refractivity contribution in [1.29, 1.82) is 0 Å². The quantitative estimate of drug-likeness (QED) is 0.746. The van der Waals surface area contributed by atoms with Gasteiger partial charge in [0.05, 0.1) is 12.1 Å². The van der Waals surface area contributed by atoms with Gasteiger partial charge in [0.25, 0.3) is 0 Å². The molecule has 3 rings (SSSR count). The summed E-state index contributed by atoms with van der Waals surface area (Å²) in [4.78, 5) is 19.7. The van der Waals surface area contributed by atoms with Crippen molar-refractivity contribution in [2.24, 2.45) is 0 Å². The Morgan fingerprint density at radius 1 is 1.20 bits per heavy atom. The zero-order valence-corrected chi connectivity index (χ0v) is 14.3. The van der Waals surface area contributed by atoms with Crippen molar-refractivity contribution in [3.8, 4) is 11.1 Å². The van der Waals surface area contributed by atoms with E-state index in [9.17, 15) is 9.90 Å². The van der Waals surface area contributed by atoms with Crippen molar-refractivity contribution in [3.63, 3.8) is 0 Å². The molecule has 0 saturated carbocycles. The summed E-state index contributed by atoms with van der Waals surface area (Å²) in [5.41, 5.74) is 2.81. The van der Waals surface area contributed by atoms with E-state index in [0.29, 0.717) is 12.1 Å². The third-order valence-corrected chi connectivity index (χ3v) is 3.98. The van der Waals surface area contributed by atoms with Gasteiger partial charge in [0, 0.05) is 18.8 Å². The Labute approximate surface area is 146 Å². The van der Waals surface area contributed by atoms with Gasteiger partial charge in [0.15, 0.2) is 0 Å². The van der Waals surface area contributed by atoms with Crippen molar-refractivity contribution in [2.45, 2.75) is 33.2 Å². The lowest BCUT2D eigenvalue weighted by Gasteiger charge is -2.08. The highest BCUT2D eigenvalue weighted by Crippen LogP contribution is 2.23. The fraction of sp³-hybridized carbons (Fsp3) is 0.263. The van der Waals surface area contributed by atoms with Crippen LogP contribution in [0.25, 0.3) is 11.1 Å². The first-order valence-electron chi connectivity index (χ1n) is 8.25. The minimum Gasteiger partial charge on any atom is -0.478 e. The largest absolute Gasteiger partial charge is 0.478 e. The molecule has 0 atom stereocenters. The van der Waals surface area contributed by atoms with Crippen LogP contribution in [0.4, 0.5) is 0 Å². The Morgan fingerprint density at radius 3 is 2.64 bits per heavy atom. The maximum atomic E-state index is 11.3. The molecule has 6 heteroatoms. The highest BCUT2D eigenvalue weighted by molar-refractivity contribution is 5.95. The van der Waals surface area contributed by atoms with Crippen LogP contribution in [0.15, 0.2) is 42.7 Å². The van der Waals surface area contributed by atoms with Crippen LogP contribution in [0.3, 0.4) is 0 Å². The smallest absolute Gasteiger partial charge is 0.337 e. The molecule has 0 aliphatic carbocycles. The molecule has 0 unspecified atom stereocenters. The van der Waals surface area contributed by atoms with Crippen LogP contribution in [0.5, 0.6) is 0 Å². The molecule has 0 aliphatic rings. The Balaban J connectivity index is 1.85. The number of nitrogens with zero attached hydrogens (tertiary/aromatic N) is 4. The van der Waals surface area contributed by atoms with Gasteiger partial charge in [-0.1, -0.05) is 31.2 Å². The van der Waals surface area contributed by atoms with Crippen molar-refractivity contribution in [1.82, 2.24) is 19.7 Å². The van der Waals surface area contributed by atoms with E-state index >= 15 is 0 Å². The number of aryl methyl sites for hydroxylation is 2. The van der Waals surface area contributed by atoms with Gasteiger partial charge in [0.1, 0.15) is 11.6 Å². The lowest BCUT2D eigenvalue weighted by atomic mass is 10.0.